The fraction of sp³-hybridized carbons (Fsp3) is 0.269. The van der Waals surface area contributed by atoms with Gasteiger partial charge in [-0.2, -0.15) is 13.2 Å². The number of hydrogen-bond donors (Lipinski definition) is 1. The molecule has 3 aromatic rings. The Morgan fingerprint density at radius 3 is 2.17 bits per heavy atom. The number of aryl methyl sites for hydroxylation is 3. The summed E-state index contributed by atoms with van der Waals surface area (Å²) in [6.07, 6.45) is -4.81. The molecular formula is C26H26ClF3N2O3S. The Hall–Kier alpha value is -3.04. The van der Waals surface area contributed by atoms with Crippen molar-refractivity contribution in [3.05, 3.63) is 93.5 Å². The number of hydrogen-bond acceptors (Lipinski definition) is 3. The van der Waals surface area contributed by atoms with E-state index in [0.29, 0.717) is 10.4 Å². The first kappa shape index (κ1) is 27.5. The van der Waals surface area contributed by atoms with E-state index in [1.807, 2.05) is 32.0 Å². The lowest BCUT2D eigenvalue weighted by molar-refractivity contribution is -0.137. The third-order valence-corrected chi connectivity index (χ3v) is 7.83. The molecule has 0 fully saturated rings. The number of nitrogens with zero attached hydrogens (tertiary/aromatic N) is 1. The molecule has 1 amide bonds. The molecule has 1 atom stereocenters. The molecule has 0 radical (unpaired) electrons. The first-order chi connectivity index (χ1) is 16.7. The molecule has 0 aliphatic carbocycles. The fourth-order valence-electron chi connectivity index (χ4n) is 3.84. The second-order valence-electron chi connectivity index (χ2n) is 8.64. The number of benzene rings is 3. The van der Waals surface area contributed by atoms with Crippen LogP contribution in [0.3, 0.4) is 0 Å². The first-order valence-corrected chi connectivity index (χ1v) is 12.8. The zero-order valence-corrected chi connectivity index (χ0v) is 21.7. The predicted octanol–water partition coefficient (Wildman–Crippen LogP) is 6.36. The molecule has 0 aromatic heterocycles. The Kier molecular flexibility index (Phi) is 8.05. The van der Waals surface area contributed by atoms with Crippen LogP contribution in [0.5, 0.6) is 0 Å². The summed E-state index contributed by atoms with van der Waals surface area (Å²) < 4.78 is 68.2. The van der Waals surface area contributed by atoms with Crippen LogP contribution in [-0.4, -0.2) is 20.9 Å². The number of carbonyl (C=O) groups excluding carboxylic acids is 1. The van der Waals surface area contributed by atoms with Crippen LogP contribution in [-0.2, 0) is 21.0 Å². The van der Waals surface area contributed by atoms with Gasteiger partial charge in [0.05, 0.1) is 27.2 Å². The summed E-state index contributed by atoms with van der Waals surface area (Å²) in [5.74, 6) is -0.679. The van der Waals surface area contributed by atoms with Crippen LogP contribution in [0.15, 0.2) is 65.6 Å². The molecule has 10 heteroatoms. The molecule has 0 saturated heterocycles. The largest absolute Gasteiger partial charge is 0.417 e. The number of anilines is 1. The van der Waals surface area contributed by atoms with E-state index in [4.69, 9.17) is 11.6 Å². The van der Waals surface area contributed by atoms with Crippen molar-refractivity contribution in [3.63, 3.8) is 0 Å². The molecule has 0 unspecified atom stereocenters. The van der Waals surface area contributed by atoms with Crippen LogP contribution < -0.4 is 9.62 Å². The molecule has 0 bridgehead atoms. The molecule has 0 saturated carbocycles. The number of amides is 1. The minimum absolute atomic E-state index is 0.160. The van der Waals surface area contributed by atoms with E-state index in [0.717, 1.165) is 34.4 Å². The second kappa shape index (κ2) is 10.5. The Balaban J connectivity index is 2.00. The van der Waals surface area contributed by atoms with Gasteiger partial charge in [-0.05, 0) is 69.2 Å². The van der Waals surface area contributed by atoms with Gasteiger partial charge in [-0.25, -0.2) is 8.42 Å². The lowest BCUT2D eigenvalue weighted by atomic mass is 10.0. The highest BCUT2D eigenvalue weighted by atomic mass is 35.5. The average Bonchev–Trinajstić information content (AvgIpc) is 2.77. The Bertz CT molecular complexity index is 1370. The van der Waals surface area contributed by atoms with Gasteiger partial charge in [-0.1, -0.05) is 53.1 Å². The molecule has 0 spiro atoms. The van der Waals surface area contributed by atoms with Gasteiger partial charge in [-0.15, -0.1) is 0 Å². The van der Waals surface area contributed by atoms with Crippen molar-refractivity contribution in [2.24, 2.45) is 0 Å². The lowest BCUT2D eigenvalue weighted by Crippen LogP contribution is -2.41. The van der Waals surface area contributed by atoms with Gasteiger partial charge in [0.15, 0.2) is 0 Å². The van der Waals surface area contributed by atoms with Crippen molar-refractivity contribution in [1.82, 2.24) is 5.32 Å². The minimum Gasteiger partial charge on any atom is -0.348 e. The van der Waals surface area contributed by atoms with Gasteiger partial charge < -0.3 is 5.32 Å². The highest BCUT2D eigenvalue weighted by Crippen LogP contribution is 2.38. The summed E-state index contributed by atoms with van der Waals surface area (Å²) in [4.78, 5) is 12.8. The molecule has 192 valence electrons. The minimum atomic E-state index is -4.81. The molecule has 3 rings (SSSR count). The van der Waals surface area contributed by atoms with Gasteiger partial charge in [0.2, 0.25) is 5.91 Å². The summed E-state index contributed by atoms with van der Waals surface area (Å²) in [5.41, 5.74) is 2.10. The molecule has 0 aliphatic rings. The summed E-state index contributed by atoms with van der Waals surface area (Å²) in [6, 6.07) is 13.8. The number of sulfonamides is 1. The van der Waals surface area contributed by atoms with Crippen LogP contribution in [0.25, 0.3) is 0 Å². The highest BCUT2D eigenvalue weighted by molar-refractivity contribution is 7.92. The summed E-state index contributed by atoms with van der Waals surface area (Å²) >= 11 is 5.74. The molecule has 36 heavy (non-hydrogen) atoms. The van der Waals surface area contributed by atoms with Crippen LogP contribution >= 0.6 is 11.6 Å². The number of rotatable bonds is 7. The first-order valence-electron chi connectivity index (χ1n) is 11.0. The molecule has 0 aliphatic heterocycles. The van der Waals surface area contributed by atoms with E-state index in [9.17, 15) is 26.4 Å². The molecule has 5 nitrogen and oxygen atoms in total. The fourth-order valence-corrected chi connectivity index (χ4v) is 5.48. The van der Waals surface area contributed by atoms with Crippen molar-refractivity contribution in [2.45, 2.75) is 44.8 Å². The van der Waals surface area contributed by atoms with Crippen LogP contribution in [0.1, 0.15) is 40.8 Å². The average molecular weight is 539 g/mol. The smallest absolute Gasteiger partial charge is 0.348 e. The van der Waals surface area contributed by atoms with E-state index in [1.165, 1.54) is 12.1 Å². The SMILES string of the molecule is Cc1ccc(S(=O)(=O)N(CC(=O)N[C@H](C)c2ccc(C)cc2C)c2ccc(Cl)c(C(F)(F)F)c2)cc1. The van der Waals surface area contributed by atoms with Crippen molar-refractivity contribution >= 4 is 33.2 Å². The van der Waals surface area contributed by atoms with Crippen molar-refractivity contribution in [1.29, 1.82) is 0 Å². The number of nitrogens with one attached hydrogen (secondary N) is 1. The van der Waals surface area contributed by atoms with E-state index in [1.54, 1.807) is 26.0 Å². The molecule has 1 N–H and O–H groups in total. The second-order valence-corrected chi connectivity index (χ2v) is 10.9. The van der Waals surface area contributed by atoms with Crippen LogP contribution in [0.2, 0.25) is 5.02 Å². The molecular weight excluding hydrogens is 513 g/mol. The third-order valence-electron chi connectivity index (χ3n) is 5.71. The summed E-state index contributed by atoms with van der Waals surface area (Å²) in [6.45, 7) is 6.62. The van der Waals surface area contributed by atoms with Gasteiger partial charge in [0.25, 0.3) is 10.0 Å². The van der Waals surface area contributed by atoms with Gasteiger partial charge in [0.1, 0.15) is 6.54 Å². The summed E-state index contributed by atoms with van der Waals surface area (Å²) in [7, 11) is -4.39. The van der Waals surface area contributed by atoms with E-state index in [-0.39, 0.29) is 10.6 Å². The maximum Gasteiger partial charge on any atom is 0.417 e. The monoisotopic (exact) mass is 538 g/mol. The Labute approximate surface area is 213 Å². The zero-order valence-electron chi connectivity index (χ0n) is 20.2. The third kappa shape index (κ3) is 6.20. The quantitative estimate of drug-likeness (QED) is 0.381. The van der Waals surface area contributed by atoms with E-state index >= 15 is 0 Å². The maximum atomic E-state index is 13.5. The number of halogens is 4. The number of carbonyl (C=O) groups is 1. The normalized spacial score (nSPS) is 12.8. The van der Waals surface area contributed by atoms with Crippen molar-refractivity contribution < 1.29 is 26.4 Å². The van der Waals surface area contributed by atoms with E-state index < -0.39 is 45.3 Å². The molecule has 3 aromatic carbocycles. The van der Waals surface area contributed by atoms with Gasteiger partial charge in [0, 0.05) is 0 Å². The Morgan fingerprint density at radius 2 is 1.58 bits per heavy atom. The van der Waals surface area contributed by atoms with E-state index in [2.05, 4.69) is 5.32 Å². The predicted molar refractivity (Wildman–Crippen MR) is 135 cm³/mol. The van der Waals surface area contributed by atoms with Crippen LogP contribution in [0, 0.1) is 20.8 Å². The van der Waals surface area contributed by atoms with Gasteiger partial charge in [-0.3, -0.25) is 9.10 Å². The maximum absolute atomic E-state index is 13.5. The topological polar surface area (TPSA) is 66.5 Å². The highest BCUT2D eigenvalue weighted by Gasteiger charge is 2.35. The summed E-state index contributed by atoms with van der Waals surface area (Å²) in [5, 5.41) is 2.18. The number of alkyl halides is 3. The van der Waals surface area contributed by atoms with Crippen molar-refractivity contribution in [2.75, 3.05) is 10.8 Å². The lowest BCUT2D eigenvalue weighted by Gasteiger charge is -2.26. The zero-order chi connectivity index (χ0) is 26.8. The van der Waals surface area contributed by atoms with Gasteiger partial charge >= 0.3 is 6.18 Å². The van der Waals surface area contributed by atoms with Crippen LogP contribution in [0.4, 0.5) is 18.9 Å². The van der Waals surface area contributed by atoms with Crippen molar-refractivity contribution in [3.8, 4) is 0 Å². The molecule has 0 heterocycles. The Morgan fingerprint density at radius 1 is 0.972 bits per heavy atom. The standard InChI is InChI=1S/C26H26ClF3N2O3S/c1-16-5-9-21(10-6-16)36(34,35)32(20-8-12-24(27)23(14-20)26(28,29)30)15-25(33)31-19(4)22-11-7-17(2)13-18(22)3/h5-14,19H,15H2,1-4H3,(H,31,33)/t19-/m1/s1.